The Balaban J connectivity index is 1.56. The molecule has 1 unspecified atom stereocenters. The number of nitrogens with two attached hydrogens (primary N) is 1. The van der Waals surface area contributed by atoms with E-state index in [2.05, 4.69) is 20.3 Å². The van der Waals surface area contributed by atoms with Gasteiger partial charge in [-0.15, -0.1) is 0 Å². The maximum Gasteiger partial charge on any atom is 0.277 e. The van der Waals surface area contributed by atoms with Crippen molar-refractivity contribution >= 4 is 23.1 Å². The van der Waals surface area contributed by atoms with Crippen LogP contribution in [0.25, 0.3) is 16.9 Å². The first-order chi connectivity index (χ1) is 15.6. The molecule has 32 heavy (non-hydrogen) atoms. The third-order valence-corrected chi connectivity index (χ3v) is 5.69. The predicted molar refractivity (Wildman–Crippen MR) is 120 cm³/mol. The minimum absolute atomic E-state index is 0.212. The molecule has 9 heteroatoms. The summed E-state index contributed by atoms with van der Waals surface area (Å²) in [6.45, 7) is 3.40. The summed E-state index contributed by atoms with van der Waals surface area (Å²) in [6, 6.07) is 5.74. The van der Waals surface area contributed by atoms with Gasteiger partial charge < -0.3 is 20.2 Å². The number of anilines is 2. The van der Waals surface area contributed by atoms with E-state index < -0.39 is 0 Å². The van der Waals surface area contributed by atoms with Crippen LogP contribution in [0.15, 0.2) is 49.2 Å². The van der Waals surface area contributed by atoms with E-state index in [0.717, 1.165) is 35.5 Å². The second-order valence-corrected chi connectivity index (χ2v) is 7.95. The minimum Gasteiger partial charge on any atom is -0.398 e. The second kappa shape index (κ2) is 8.35. The number of aryl methyl sites for hydroxylation is 1. The lowest BCUT2D eigenvalue weighted by atomic mass is 9.97. The zero-order chi connectivity index (χ0) is 22.1. The Kier molecular flexibility index (Phi) is 5.24. The number of hydrogen-bond donors (Lipinski definition) is 2. The molecule has 0 spiro atoms. The van der Waals surface area contributed by atoms with Gasteiger partial charge in [-0.05, 0) is 43.9 Å². The number of aromatic nitrogens is 5. The fourth-order valence-electron chi connectivity index (χ4n) is 3.93. The van der Waals surface area contributed by atoms with Crippen LogP contribution >= 0.6 is 0 Å². The first kappa shape index (κ1) is 20.1. The Bertz CT molecular complexity index is 1280. The molecule has 1 saturated heterocycles. The molecule has 1 atom stereocenters. The predicted octanol–water partition coefficient (Wildman–Crippen LogP) is 2.91. The van der Waals surface area contributed by atoms with E-state index in [9.17, 15) is 4.79 Å². The lowest BCUT2D eigenvalue weighted by Gasteiger charge is -2.17. The number of rotatable bonds is 5. The Morgan fingerprint density at radius 3 is 2.97 bits per heavy atom. The van der Waals surface area contributed by atoms with Crippen molar-refractivity contribution in [1.82, 2.24) is 24.3 Å². The van der Waals surface area contributed by atoms with E-state index in [0.29, 0.717) is 36.1 Å². The lowest BCUT2D eigenvalue weighted by Crippen LogP contribution is -2.18. The van der Waals surface area contributed by atoms with Crippen LogP contribution in [0.2, 0.25) is 0 Å². The molecule has 162 valence electrons. The van der Waals surface area contributed by atoms with Crippen molar-refractivity contribution in [3.63, 3.8) is 0 Å². The summed E-state index contributed by atoms with van der Waals surface area (Å²) in [5, 5.41) is 2.90. The number of nitrogens with zero attached hydrogens (tertiary/aromatic N) is 5. The molecule has 4 aromatic heterocycles. The average Bonchev–Trinajstić information content (AvgIpc) is 3.46. The number of ether oxygens (including phenoxy) is 1. The molecule has 0 aromatic carbocycles. The van der Waals surface area contributed by atoms with Gasteiger partial charge in [0.15, 0.2) is 0 Å². The van der Waals surface area contributed by atoms with Gasteiger partial charge in [0.2, 0.25) is 0 Å². The molecule has 5 rings (SSSR count). The van der Waals surface area contributed by atoms with Crippen molar-refractivity contribution in [3.05, 3.63) is 66.1 Å². The molecule has 0 saturated carbocycles. The molecule has 0 aliphatic carbocycles. The van der Waals surface area contributed by atoms with Gasteiger partial charge in [-0.3, -0.25) is 9.78 Å². The van der Waals surface area contributed by atoms with Crippen molar-refractivity contribution in [1.29, 1.82) is 0 Å². The van der Waals surface area contributed by atoms with Crippen LogP contribution in [0.3, 0.4) is 0 Å². The highest BCUT2D eigenvalue weighted by Crippen LogP contribution is 2.31. The van der Waals surface area contributed by atoms with Crippen LogP contribution in [0.1, 0.15) is 28.2 Å². The highest BCUT2D eigenvalue weighted by molar-refractivity contribution is 6.03. The second-order valence-electron chi connectivity index (χ2n) is 7.95. The van der Waals surface area contributed by atoms with Crippen molar-refractivity contribution in [3.8, 4) is 11.3 Å². The zero-order valence-corrected chi connectivity index (χ0v) is 17.7. The average molecular weight is 429 g/mol. The van der Waals surface area contributed by atoms with Gasteiger partial charge in [0.25, 0.3) is 5.91 Å². The summed E-state index contributed by atoms with van der Waals surface area (Å²) in [5.41, 5.74) is 11.5. The first-order valence-corrected chi connectivity index (χ1v) is 10.5. The summed E-state index contributed by atoms with van der Waals surface area (Å²) in [5.74, 6) is 0.388. The van der Waals surface area contributed by atoms with Gasteiger partial charge in [-0.1, -0.05) is 0 Å². The van der Waals surface area contributed by atoms with Crippen LogP contribution in [0.4, 0.5) is 11.5 Å². The lowest BCUT2D eigenvalue weighted by molar-refractivity contribution is 0.102. The SMILES string of the molecule is Cc1cnc2ccc(-c3cc(N)c(CC4CCOC4)c(NC(=O)c4cnccn4)n3)cn12. The van der Waals surface area contributed by atoms with E-state index >= 15 is 0 Å². The highest BCUT2D eigenvalue weighted by atomic mass is 16.5. The van der Waals surface area contributed by atoms with Crippen LogP contribution in [-0.2, 0) is 11.2 Å². The smallest absolute Gasteiger partial charge is 0.277 e. The molecular formula is C23H23N7O2. The normalized spacial score (nSPS) is 15.8. The Hall–Kier alpha value is -3.85. The number of nitrogens with one attached hydrogen (secondary N) is 1. The summed E-state index contributed by atoms with van der Waals surface area (Å²) < 4.78 is 7.52. The summed E-state index contributed by atoms with van der Waals surface area (Å²) in [7, 11) is 0. The topological polar surface area (TPSA) is 120 Å². The number of carbonyl (C=O) groups excluding carboxylic acids is 1. The fraction of sp³-hybridized carbons (Fsp3) is 0.261. The largest absolute Gasteiger partial charge is 0.398 e. The Morgan fingerprint density at radius 1 is 1.28 bits per heavy atom. The van der Waals surface area contributed by atoms with Gasteiger partial charge in [0.05, 0.1) is 11.9 Å². The third kappa shape index (κ3) is 3.90. The molecule has 1 aliphatic rings. The first-order valence-electron chi connectivity index (χ1n) is 10.5. The maximum absolute atomic E-state index is 12.8. The van der Waals surface area contributed by atoms with E-state index in [-0.39, 0.29) is 11.6 Å². The molecule has 3 N–H and O–H groups in total. The monoisotopic (exact) mass is 429 g/mol. The van der Waals surface area contributed by atoms with Crippen LogP contribution in [0, 0.1) is 12.8 Å². The number of amides is 1. The summed E-state index contributed by atoms with van der Waals surface area (Å²) in [6.07, 6.45) is 9.84. The van der Waals surface area contributed by atoms with Crippen molar-refractivity contribution < 1.29 is 9.53 Å². The minimum atomic E-state index is -0.382. The number of fused-ring (bicyclic) bond motifs is 1. The van der Waals surface area contributed by atoms with Crippen LogP contribution in [0.5, 0.6) is 0 Å². The van der Waals surface area contributed by atoms with Crippen molar-refractivity contribution in [2.45, 2.75) is 19.8 Å². The third-order valence-electron chi connectivity index (χ3n) is 5.69. The van der Waals surface area contributed by atoms with Gasteiger partial charge in [-0.25, -0.2) is 15.0 Å². The van der Waals surface area contributed by atoms with Crippen LogP contribution in [-0.4, -0.2) is 43.5 Å². The zero-order valence-electron chi connectivity index (χ0n) is 17.7. The number of hydrogen-bond acceptors (Lipinski definition) is 7. The molecule has 1 fully saturated rings. The molecule has 5 heterocycles. The molecular weight excluding hydrogens is 406 g/mol. The standard InChI is InChI=1S/C23H23N7O2/c1-14-10-27-21-3-2-16(12-30(14)21)19-9-18(24)17(8-15-4-7-32-13-15)22(28-19)29-23(31)20-11-25-5-6-26-20/h2-3,5-6,9-12,15H,4,7-8,13H2,1H3,(H3,24,28,29,31). The summed E-state index contributed by atoms with van der Waals surface area (Å²) in [4.78, 5) is 30.0. The van der Waals surface area contributed by atoms with Gasteiger partial charge in [0, 0.05) is 60.5 Å². The molecule has 4 aromatic rings. The summed E-state index contributed by atoms with van der Waals surface area (Å²) >= 11 is 0. The molecule has 1 amide bonds. The van der Waals surface area contributed by atoms with E-state index in [4.69, 9.17) is 15.5 Å². The van der Waals surface area contributed by atoms with E-state index in [1.165, 1.54) is 18.6 Å². The molecule has 0 bridgehead atoms. The highest BCUT2D eigenvalue weighted by Gasteiger charge is 2.22. The quantitative estimate of drug-likeness (QED) is 0.500. The van der Waals surface area contributed by atoms with Crippen molar-refractivity contribution in [2.24, 2.45) is 5.92 Å². The fourth-order valence-corrected chi connectivity index (χ4v) is 3.93. The van der Waals surface area contributed by atoms with Crippen molar-refractivity contribution in [2.75, 3.05) is 24.3 Å². The van der Waals surface area contributed by atoms with Crippen LogP contribution < -0.4 is 11.1 Å². The number of nitrogen functional groups attached to an aromatic ring is 1. The van der Waals surface area contributed by atoms with Gasteiger partial charge in [-0.2, -0.15) is 0 Å². The maximum atomic E-state index is 12.8. The molecule has 1 aliphatic heterocycles. The van der Waals surface area contributed by atoms with E-state index in [1.54, 1.807) is 0 Å². The molecule has 0 radical (unpaired) electrons. The Labute approximate surface area is 184 Å². The van der Waals surface area contributed by atoms with E-state index in [1.807, 2.05) is 41.9 Å². The Morgan fingerprint density at radius 2 is 2.19 bits per heavy atom. The van der Waals surface area contributed by atoms with Gasteiger partial charge >= 0.3 is 0 Å². The molecule has 9 nitrogen and oxygen atoms in total. The van der Waals surface area contributed by atoms with Gasteiger partial charge in [0.1, 0.15) is 17.2 Å². The number of carbonyl (C=O) groups is 1. The number of pyridine rings is 2. The number of imidazole rings is 1.